The molecular formula is C45H38FN4OPt-3. The molecular weight excluding hydrogens is 827 g/mol. The SMILES string of the molecule is Cc1ccnc(-n2c3[c-]c(Oc4[c-]c(N5[CH-]N(c6ccccc6F)c6ccccc65)cc(C5CCCCCCC5)c4)ccc3c3ccccc32)c1.[Pt]. The van der Waals surface area contributed by atoms with E-state index in [1.807, 2.05) is 60.2 Å². The Morgan fingerprint density at radius 3 is 2.21 bits per heavy atom. The van der Waals surface area contributed by atoms with E-state index in [0.29, 0.717) is 23.1 Å². The Morgan fingerprint density at radius 1 is 0.712 bits per heavy atom. The summed E-state index contributed by atoms with van der Waals surface area (Å²) in [7, 11) is 0. The first-order valence-electron chi connectivity index (χ1n) is 18.0. The van der Waals surface area contributed by atoms with Crippen LogP contribution in [0.4, 0.5) is 27.1 Å². The molecule has 52 heavy (non-hydrogen) atoms. The second kappa shape index (κ2) is 14.6. The van der Waals surface area contributed by atoms with E-state index in [2.05, 4.69) is 83.1 Å². The number of aryl methyl sites for hydroxylation is 1. The molecule has 0 saturated heterocycles. The van der Waals surface area contributed by atoms with Gasteiger partial charge in [0.2, 0.25) is 0 Å². The molecule has 7 aromatic rings. The molecule has 1 fully saturated rings. The van der Waals surface area contributed by atoms with Crippen LogP contribution in [0.1, 0.15) is 62.0 Å². The standard InChI is InChI=1S/C45H38FN4O.Pt/c1-31-23-24-47-45(25-31)50-40-17-9-7-15-37(40)38-22-21-35(29-44(38)50)51-36-27-33(32-13-5-3-2-4-6-14-32)26-34(28-36)48-30-49(41-18-10-8-16-39(41)46)43-20-12-11-19-42(43)48;/h7-12,15-27,30,32H,2-6,13-14H2,1H3;/q-3;. The van der Waals surface area contributed by atoms with Crippen LogP contribution in [0, 0.1) is 31.5 Å². The van der Waals surface area contributed by atoms with E-state index in [0.717, 1.165) is 63.1 Å². The molecule has 2 aliphatic rings. The van der Waals surface area contributed by atoms with E-state index < -0.39 is 0 Å². The van der Waals surface area contributed by atoms with Crippen molar-refractivity contribution in [2.45, 2.75) is 57.8 Å². The van der Waals surface area contributed by atoms with Gasteiger partial charge in [0, 0.05) is 61.3 Å². The van der Waals surface area contributed by atoms with Gasteiger partial charge in [0.1, 0.15) is 11.6 Å². The van der Waals surface area contributed by atoms with E-state index in [4.69, 9.17) is 9.72 Å². The van der Waals surface area contributed by atoms with Gasteiger partial charge < -0.3 is 19.1 Å². The predicted molar refractivity (Wildman–Crippen MR) is 204 cm³/mol. The third-order valence-corrected chi connectivity index (χ3v) is 10.3. The molecule has 5 nitrogen and oxygen atoms in total. The summed E-state index contributed by atoms with van der Waals surface area (Å²) in [6.07, 6.45) is 10.4. The average molecular weight is 865 g/mol. The molecule has 1 aliphatic heterocycles. The molecule has 0 unspecified atom stereocenters. The minimum atomic E-state index is -0.272. The summed E-state index contributed by atoms with van der Waals surface area (Å²) in [5.74, 6) is 2.23. The summed E-state index contributed by atoms with van der Waals surface area (Å²) >= 11 is 0. The quantitative estimate of drug-likeness (QED) is 0.156. The fourth-order valence-electron chi connectivity index (χ4n) is 7.83. The number of anilines is 4. The number of pyridine rings is 1. The molecule has 0 atom stereocenters. The molecule has 1 saturated carbocycles. The van der Waals surface area contributed by atoms with Crippen LogP contribution in [0.5, 0.6) is 11.5 Å². The Labute approximate surface area is 318 Å². The van der Waals surface area contributed by atoms with Crippen LogP contribution in [-0.2, 0) is 21.1 Å². The minimum absolute atomic E-state index is 0. The molecule has 264 valence electrons. The van der Waals surface area contributed by atoms with Crippen LogP contribution < -0.4 is 14.5 Å². The zero-order valence-electron chi connectivity index (χ0n) is 29.0. The molecule has 0 amide bonds. The number of fused-ring (bicyclic) bond motifs is 4. The fraction of sp³-hybridized carbons (Fsp3) is 0.200. The molecule has 1 aliphatic carbocycles. The number of rotatable bonds is 6. The maximum absolute atomic E-state index is 15.2. The van der Waals surface area contributed by atoms with Gasteiger partial charge in [0.25, 0.3) is 0 Å². The molecule has 7 heteroatoms. The normalized spacial score (nSPS) is 15.0. The summed E-state index contributed by atoms with van der Waals surface area (Å²) in [6.45, 7) is 4.05. The van der Waals surface area contributed by atoms with E-state index in [1.165, 1.54) is 43.7 Å². The maximum Gasteiger partial charge on any atom is 0.144 e. The van der Waals surface area contributed by atoms with Crippen molar-refractivity contribution in [3.8, 4) is 17.3 Å². The first-order valence-corrected chi connectivity index (χ1v) is 18.0. The van der Waals surface area contributed by atoms with Crippen molar-refractivity contribution in [3.05, 3.63) is 151 Å². The van der Waals surface area contributed by atoms with Gasteiger partial charge in [-0.15, -0.1) is 53.6 Å². The Kier molecular flexibility index (Phi) is 9.59. The molecule has 5 aromatic carbocycles. The van der Waals surface area contributed by atoms with Gasteiger partial charge in [0.05, 0.1) is 0 Å². The van der Waals surface area contributed by atoms with Crippen molar-refractivity contribution in [3.63, 3.8) is 0 Å². The van der Waals surface area contributed by atoms with Gasteiger partial charge in [-0.3, -0.25) is 0 Å². The summed E-state index contributed by atoms with van der Waals surface area (Å²) in [5, 5.41) is 2.23. The van der Waals surface area contributed by atoms with Crippen molar-refractivity contribution in [2.24, 2.45) is 0 Å². The van der Waals surface area contributed by atoms with Gasteiger partial charge in [-0.25, -0.2) is 9.37 Å². The Balaban J connectivity index is 0.00000387. The van der Waals surface area contributed by atoms with Crippen molar-refractivity contribution in [2.75, 3.05) is 9.80 Å². The van der Waals surface area contributed by atoms with Crippen LogP contribution in [0.25, 0.3) is 27.6 Å². The molecule has 0 spiro atoms. The number of ether oxygens (including phenoxy) is 1. The minimum Gasteiger partial charge on any atom is -0.509 e. The monoisotopic (exact) mass is 864 g/mol. The van der Waals surface area contributed by atoms with Crippen LogP contribution in [0.2, 0.25) is 0 Å². The Bertz CT molecular complexity index is 2380. The number of halogens is 1. The second-order valence-corrected chi connectivity index (χ2v) is 13.7. The van der Waals surface area contributed by atoms with Crippen molar-refractivity contribution >= 4 is 44.6 Å². The molecule has 0 bridgehead atoms. The third-order valence-electron chi connectivity index (χ3n) is 10.3. The number of benzene rings is 5. The first-order chi connectivity index (χ1) is 25.1. The maximum atomic E-state index is 15.2. The van der Waals surface area contributed by atoms with E-state index in [9.17, 15) is 0 Å². The Morgan fingerprint density at radius 2 is 1.42 bits per heavy atom. The summed E-state index contributed by atoms with van der Waals surface area (Å²) in [5.41, 5.74) is 7.59. The van der Waals surface area contributed by atoms with Crippen LogP contribution in [0.15, 0.2) is 115 Å². The van der Waals surface area contributed by atoms with Gasteiger partial charge in [0.15, 0.2) is 0 Å². The molecule has 2 aromatic heterocycles. The zero-order chi connectivity index (χ0) is 34.3. The number of nitrogens with zero attached hydrogens (tertiary/aromatic N) is 4. The predicted octanol–water partition coefficient (Wildman–Crippen LogP) is 12.3. The molecule has 0 N–H and O–H groups in total. The van der Waals surface area contributed by atoms with E-state index >= 15 is 4.39 Å². The van der Waals surface area contributed by atoms with Crippen LogP contribution in [0.3, 0.4) is 0 Å². The van der Waals surface area contributed by atoms with Crippen LogP contribution in [-0.4, -0.2) is 9.55 Å². The van der Waals surface area contributed by atoms with Gasteiger partial charge >= 0.3 is 0 Å². The molecule has 0 radical (unpaired) electrons. The number of hydrogen-bond acceptors (Lipinski definition) is 4. The van der Waals surface area contributed by atoms with Crippen molar-refractivity contribution in [1.82, 2.24) is 9.55 Å². The van der Waals surface area contributed by atoms with Gasteiger partial charge in [-0.1, -0.05) is 80.1 Å². The zero-order valence-corrected chi connectivity index (χ0v) is 31.2. The van der Waals surface area contributed by atoms with Gasteiger partial charge in [-0.2, -0.15) is 6.07 Å². The summed E-state index contributed by atoms with van der Waals surface area (Å²) < 4.78 is 24.1. The number of hydrogen-bond donors (Lipinski definition) is 0. The van der Waals surface area contributed by atoms with E-state index in [1.54, 1.807) is 6.07 Å². The summed E-state index contributed by atoms with van der Waals surface area (Å²) in [4.78, 5) is 8.77. The Hall–Kier alpha value is -4.93. The van der Waals surface area contributed by atoms with Crippen molar-refractivity contribution in [1.29, 1.82) is 0 Å². The second-order valence-electron chi connectivity index (χ2n) is 13.7. The average Bonchev–Trinajstić information content (AvgIpc) is 3.68. The number of para-hydroxylation sites is 4. The van der Waals surface area contributed by atoms with E-state index in [-0.39, 0.29) is 26.9 Å². The van der Waals surface area contributed by atoms with Crippen LogP contribution >= 0.6 is 0 Å². The summed E-state index contributed by atoms with van der Waals surface area (Å²) in [6, 6.07) is 43.3. The van der Waals surface area contributed by atoms with Crippen molar-refractivity contribution < 1.29 is 30.2 Å². The largest absolute Gasteiger partial charge is 0.509 e. The van der Waals surface area contributed by atoms with Gasteiger partial charge in [-0.05, 0) is 79.1 Å². The first kappa shape index (κ1) is 34.2. The topological polar surface area (TPSA) is 33.5 Å². The fourth-order valence-corrected chi connectivity index (χ4v) is 7.83. The third kappa shape index (κ3) is 6.39. The smallest absolute Gasteiger partial charge is 0.144 e. The molecule has 9 rings (SSSR count). The molecule has 3 heterocycles. The number of aromatic nitrogens is 2.